The Labute approximate surface area is 154 Å². The molecule has 2 aromatic heterocycles. The molecule has 3 heterocycles. The van der Waals surface area contributed by atoms with Crippen molar-refractivity contribution in [2.45, 2.75) is 52.0 Å². The summed E-state index contributed by atoms with van der Waals surface area (Å²) < 4.78 is 14.2. The zero-order valence-electron chi connectivity index (χ0n) is 15.9. The van der Waals surface area contributed by atoms with Crippen molar-refractivity contribution >= 4 is 5.82 Å². The van der Waals surface area contributed by atoms with Crippen LogP contribution in [0.15, 0.2) is 12.1 Å². The van der Waals surface area contributed by atoms with Crippen LogP contribution in [0.2, 0.25) is 0 Å². The molecule has 1 aliphatic carbocycles. The topological polar surface area (TPSA) is 56.8 Å². The lowest BCUT2D eigenvalue weighted by Gasteiger charge is -2.30. The van der Waals surface area contributed by atoms with Crippen LogP contribution in [0.4, 0.5) is 10.2 Å². The van der Waals surface area contributed by atoms with Gasteiger partial charge in [0, 0.05) is 28.9 Å². The van der Waals surface area contributed by atoms with Crippen LogP contribution in [0.5, 0.6) is 0 Å². The summed E-state index contributed by atoms with van der Waals surface area (Å²) in [6, 6.07) is 3.79. The first-order valence-electron chi connectivity index (χ1n) is 9.59. The van der Waals surface area contributed by atoms with E-state index in [0.717, 1.165) is 56.5 Å². The number of nitrogens with one attached hydrogen (secondary N) is 2. The third kappa shape index (κ3) is 3.61. The van der Waals surface area contributed by atoms with Gasteiger partial charge < -0.3 is 10.2 Å². The summed E-state index contributed by atoms with van der Waals surface area (Å²) in [5, 5.41) is 11.1. The highest BCUT2D eigenvalue weighted by Gasteiger charge is 2.29. The quantitative estimate of drug-likeness (QED) is 0.824. The number of halogens is 1. The molecule has 26 heavy (non-hydrogen) atoms. The minimum atomic E-state index is -0.453. The van der Waals surface area contributed by atoms with Crippen LogP contribution < -0.4 is 5.32 Å². The second kappa shape index (κ2) is 6.65. The fraction of sp³-hybridized carbons (Fsp3) is 0.600. The lowest BCUT2D eigenvalue weighted by atomic mass is 9.76. The number of piperidine rings is 1. The molecule has 2 N–H and O–H groups in total. The van der Waals surface area contributed by atoms with E-state index >= 15 is 0 Å². The van der Waals surface area contributed by atoms with Crippen molar-refractivity contribution in [2.24, 2.45) is 5.41 Å². The standard InChI is InChI=1S/C20H28FN5/c1-20(2)7-4-15-16(12-20)24-25-19(15)13-10-17(21)23-18(11-13)22-14-5-8-26(3)9-6-14/h10-11,14H,4-9,12H2,1-3H3,(H,22,23)(H,24,25). The number of anilines is 1. The van der Waals surface area contributed by atoms with Crippen LogP contribution in [0.3, 0.4) is 0 Å². The number of nitrogens with zero attached hydrogens (tertiary/aromatic N) is 3. The van der Waals surface area contributed by atoms with Gasteiger partial charge in [-0.3, -0.25) is 5.10 Å². The normalized spacial score (nSPS) is 20.8. The van der Waals surface area contributed by atoms with Gasteiger partial charge in [0.25, 0.3) is 0 Å². The molecule has 0 radical (unpaired) electrons. The number of H-pyrrole nitrogens is 1. The Morgan fingerprint density at radius 3 is 2.81 bits per heavy atom. The van der Waals surface area contributed by atoms with E-state index in [1.807, 2.05) is 6.07 Å². The lowest BCUT2D eigenvalue weighted by molar-refractivity contribution is 0.263. The van der Waals surface area contributed by atoms with E-state index in [-0.39, 0.29) is 0 Å². The van der Waals surface area contributed by atoms with Crippen LogP contribution in [-0.4, -0.2) is 46.3 Å². The van der Waals surface area contributed by atoms with Gasteiger partial charge in [-0.2, -0.15) is 9.49 Å². The Kier molecular flexibility index (Phi) is 4.47. The van der Waals surface area contributed by atoms with E-state index in [0.29, 0.717) is 17.3 Å². The molecule has 1 saturated heterocycles. The average Bonchev–Trinajstić information content (AvgIpc) is 2.98. The summed E-state index contributed by atoms with van der Waals surface area (Å²) in [6.45, 7) is 6.68. The van der Waals surface area contributed by atoms with Crippen LogP contribution in [0, 0.1) is 11.4 Å². The summed E-state index contributed by atoms with van der Waals surface area (Å²) in [6.07, 6.45) is 5.20. The van der Waals surface area contributed by atoms with Gasteiger partial charge in [-0.05, 0) is 63.7 Å². The fourth-order valence-electron chi connectivity index (χ4n) is 4.16. The van der Waals surface area contributed by atoms with Crippen LogP contribution >= 0.6 is 0 Å². The molecule has 0 saturated carbocycles. The minimum Gasteiger partial charge on any atom is -0.367 e. The molecular formula is C20H28FN5. The summed E-state index contributed by atoms with van der Waals surface area (Å²) in [5.74, 6) is 0.160. The van der Waals surface area contributed by atoms with E-state index in [1.165, 1.54) is 17.3 Å². The lowest BCUT2D eigenvalue weighted by Crippen LogP contribution is -2.36. The van der Waals surface area contributed by atoms with E-state index < -0.39 is 5.95 Å². The van der Waals surface area contributed by atoms with Crippen molar-refractivity contribution < 1.29 is 4.39 Å². The monoisotopic (exact) mass is 357 g/mol. The van der Waals surface area contributed by atoms with Gasteiger partial charge in [0.1, 0.15) is 5.82 Å². The van der Waals surface area contributed by atoms with Gasteiger partial charge in [0.15, 0.2) is 0 Å². The van der Waals surface area contributed by atoms with Crippen molar-refractivity contribution in [3.8, 4) is 11.3 Å². The van der Waals surface area contributed by atoms with Crippen molar-refractivity contribution in [2.75, 3.05) is 25.5 Å². The summed E-state index contributed by atoms with van der Waals surface area (Å²) in [7, 11) is 2.14. The van der Waals surface area contributed by atoms with E-state index in [9.17, 15) is 4.39 Å². The first-order chi connectivity index (χ1) is 12.4. The smallest absolute Gasteiger partial charge is 0.215 e. The van der Waals surface area contributed by atoms with Gasteiger partial charge in [-0.1, -0.05) is 13.8 Å². The number of hydrogen-bond donors (Lipinski definition) is 2. The number of aromatic amines is 1. The Morgan fingerprint density at radius 2 is 2.04 bits per heavy atom. The zero-order valence-corrected chi connectivity index (χ0v) is 15.9. The Hall–Kier alpha value is -1.95. The number of likely N-dealkylation sites (tertiary alicyclic amines) is 1. The molecule has 140 valence electrons. The van der Waals surface area contributed by atoms with Gasteiger partial charge >= 0.3 is 0 Å². The van der Waals surface area contributed by atoms with Crippen molar-refractivity contribution in [1.82, 2.24) is 20.1 Å². The molecule has 0 amide bonds. The SMILES string of the molecule is CN1CCC(Nc2cc(-c3n[nH]c4c3CCC(C)(C)C4)cc(F)n2)CC1. The Balaban J connectivity index is 1.58. The van der Waals surface area contributed by atoms with Crippen LogP contribution in [0.1, 0.15) is 44.4 Å². The number of hydrogen-bond acceptors (Lipinski definition) is 4. The van der Waals surface area contributed by atoms with Crippen molar-refractivity contribution in [3.05, 3.63) is 29.3 Å². The molecule has 0 bridgehead atoms. The highest BCUT2D eigenvalue weighted by Crippen LogP contribution is 2.38. The summed E-state index contributed by atoms with van der Waals surface area (Å²) in [5.41, 5.74) is 4.41. The minimum absolute atomic E-state index is 0.293. The van der Waals surface area contributed by atoms with Gasteiger partial charge in [-0.25, -0.2) is 4.98 Å². The van der Waals surface area contributed by atoms with Crippen LogP contribution in [0.25, 0.3) is 11.3 Å². The third-order valence-corrected chi connectivity index (χ3v) is 5.80. The summed E-state index contributed by atoms with van der Waals surface area (Å²) in [4.78, 5) is 6.38. The second-order valence-electron chi connectivity index (χ2n) is 8.66. The Bertz CT molecular complexity index is 789. The van der Waals surface area contributed by atoms with Gasteiger partial charge in [-0.15, -0.1) is 0 Å². The molecule has 2 aromatic rings. The van der Waals surface area contributed by atoms with Gasteiger partial charge in [0.2, 0.25) is 5.95 Å². The molecule has 1 fully saturated rings. The number of aromatic nitrogens is 3. The molecule has 1 aliphatic heterocycles. The first kappa shape index (κ1) is 17.5. The van der Waals surface area contributed by atoms with E-state index in [4.69, 9.17) is 0 Å². The maximum atomic E-state index is 14.2. The zero-order chi connectivity index (χ0) is 18.3. The largest absolute Gasteiger partial charge is 0.367 e. The van der Waals surface area contributed by atoms with E-state index in [2.05, 4.69) is 46.3 Å². The highest BCUT2D eigenvalue weighted by atomic mass is 19.1. The molecule has 0 atom stereocenters. The molecule has 0 unspecified atom stereocenters. The van der Waals surface area contributed by atoms with Crippen LogP contribution in [-0.2, 0) is 12.8 Å². The first-order valence-corrected chi connectivity index (χ1v) is 9.59. The van der Waals surface area contributed by atoms with Crippen molar-refractivity contribution in [1.29, 1.82) is 0 Å². The average molecular weight is 357 g/mol. The number of rotatable bonds is 3. The van der Waals surface area contributed by atoms with E-state index in [1.54, 1.807) is 0 Å². The number of pyridine rings is 1. The molecule has 0 aromatic carbocycles. The molecule has 4 rings (SSSR count). The highest BCUT2D eigenvalue weighted by molar-refractivity contribution is 5.67. The predicted octanol–water partition coefficient (Wildman–Crippen LogP) is 3.63. The maximum absolute atomic E-state index is 14.2. The second-order valence-corrected chi connectivity index (χ2v) is 8.66. The molecular weight excluding hydrogens is 329 g/mol. The van der Waals surface area contributed by atoms with Gasteiger partial charge in [0.05, 0.1) is 5.69 Å². The molecule has 5 nitrogen and oxygen atoms in total. The Morgan fingerprint density at radius 1 is 1.27 bits per heavy atom. The number of fused-ring (bicyclic) bond motifs is 1. The molecule has 0 spiro atoms. The molecule has 6 heteroatoms. The fourth-order valence-corrected chi connectivity index (χ4v) is 4.16. The molecule has 2 aliphatic rings. The predicted molar refractivity (Wildman–Crippen MR) is 102 cm³/mol. The van der Waals surface area contributed by atoms with Crippen molar-refractivity contribution in [3.63, 3.8) is 0 Å². The summed E-state index contributed by atoms with van der Waals surface area (Å²) >= 11 is 0. The maximum Gasteiger partial charge on any atom is 0.215 e. The third-order valence-electron chi connectivity index (χ3n) is 5.80.